The van der Waals surface area contributed by atoms with E-state index >= 15 is 0 Å². The summed E-state index contributed by atoms with van der Waals surface area (Å²) in [5, 5.41) is 1.86. The zero-order chi connectivity index (χ0) is 19.4. The first-order valence-electron chi connectivity index (χ1n) is 7.64. The topological polar surface area (TPSA) is 75.4 Å². The second kappa shape index (κ2) is 9.99. The van der Waals surface area contributed by atoms with Crippen LogP contribution in [-0.2, 0) is 15.8 Å². The molecule has 26 heavy (non-hydrogen) atoms. The van der Waals surface area contributed by atoms with Crippen molar-refractivity contribution in [3.8, 4) is 0 Å². The molecule has 1 rings (SSSR count). The number of carbonyl (C=O) groups is 2. The second-order valence-corrected chi connectivity index (χ2v) is 6.25. The Balaban J connectivity index is 0.00000625. The number of halogens is 5. The third kappa shape index (κ3) is 6.66. The number of benzene rings is 1. The number of anilines is 1. The van der Waals surface area contributed by atoms with E-state index in [-0.39, 0.29) is 30.6 Å². The van der Waals surface area contributed by atoms with Crippen LogP contribution in [0.3, 0.4) is 0 Å². The van der Waals surface area contributed by atoms with Crippen molar-refractivity contribution in [2.45, 2.75) is 32.5 Å². The summed E-state index contributed by atoms with van der Waals surface area (Å²) in [5.74, 6) is -1.09. The van der Waals surface area contributed by atoms with E-state index in [0.717, 1.165) is 17.0 Å². The smallest absolute Gasteiger partial charge is 0.335 e. The largest absolute Gasteiger partial charge is 0.417 e. The number of rotatable bonds is 6. The minimum Gasteiger partial charge on any atom is -0.335 e. The van der Waals surface area contributed by atoms with E-state index in [2.05, 4.69) is 5.32 Å². The number of hydrogen-bond donors (Lipinski definition) is 2. The maximum Gasteiger partial charge on any atom is 0.417 e. The maximum atomic E-state index is 12.8. The van der Waals surface area contributed by atoms with Gasteiger partial charge >= 0.3 is 6.18 Å². The average molecular weight is 416 g/mol. The monoisotopic (exact) mass is 415 g/mol. The predicted octanol–water partition coefficient (Wildman–Crippen LogP) is 3.55. The summed E-state index contributed by atoms with van der Waals surface area (Å²) in [6.07, 6.45) is -3.93. The molecule has 2 amide bonds. The Morgan fingerprint density at radius 2 is 1.92 bits per heavy atom. The zero-order valence-electron chi connectivity index (χ0n) is 14.6. The van der Waals surface area contributed by atoms with Crippen LogP contribution in [-0.4, -0.2) is 36.3 Å². The summed E-state index contributed by atoms with van der Waals surface area (Å²) in [7, 11) is 1.41. The lowest BCUT2D eigenvalue weighted by Gasteiger charge is -2.24. The lowest BCUT2D eigenvalue weighted by Crippen LogP contribution is -2.47. The van der Waals surface area contributed by atoms with E-state index in [0.29, 0.717) is 6.42 Å². The molecule has 0 spiro atoms. The van der Waals surface area contributed by atoms with E-state index in [9.17, 15) is 22.8 Å². The maximum absolute atomic E-state index is 12.8. The fourth-order valence-corrected chi connectivity index (χ4v) is 2.29. The van der Waals surface area contributed by atoms with Crippen LogP contribution in [0.4, 0.5) is 18.9 Å². The Hall–Kier alpha value is -1.51. The van der Waals surface area contributed by atoms with E-state index in [1.54, 1.807) is 0 Å². The minimum atomic E-state index is -4.63. The molecule has 1 aromatic carbocycles. The summed E-state index contributed by atoms with van der Waals surface area (Å²) in [6, 6.07) is 2.30. The highest BCUT2D eigenvalue weighted by Crippen LogP contribution is 2.36. The molecule has 2 atom stereocenters. The number of carbonyl (C=O) groups excluding carboxylic acids is 2. The number of hydrogen-bond acceptors (Lipinski definition) is 3. The predicted molar refractivity (Wildman–Crippen MR) is 97.4 cm³/mol. The van der Waals surface area contributed by atoms with Crippen LogP contribution in [0.5, 0.6) is 0 Å². The molecule has 10 heteroatoms. The Morgan fingerprint density at radius 3 is 2.42 bits per heavy atom. The van der Waals surface area contributed by atoms with Gasteiger partial charge in [0.2, 0.25) is 11.8 Å². The van der Waals surface area contributed by atoms with Crippen LogP contribution in [0.15, 0.2) is 18.2 Å². The molecule has 0 fully saturated rings. The Kier molecular flexibility index (Phi) is 9.41. The van der Waals surface area contributed by atoms with Crippen molar-refractivity contribution in [1.29, 1.82) is 0 Å². The normalized spacial score (nSPS) is 13.4. The van der Waals surface area contributed by atoms with E-state index in [1.165, 1.54) is 13.1 Å². The standard InChI is InChI=1S/C16H21ClF3N3O2.ClH/c1-4-9(2)14(21)15(25)23(3)8-13(24)22-10-5-6-12(17)11(7-10)16(18,19)20;/h5-7,9,14H,4,8,21H2,1-3H3,(H,22,24);1H. The molecule has 1 aromatic rings. The first-order chi connectivity index (χ1) is 11.5. The van der Waals surface area contributed by atoms with E-state index < -0.39 is 34.6 Å². The van der Waals surface area contributed by atoms with Gasteiger partial charge in [0, 0.05) is 12.7 Å². The second-order valence-electron chi connectivity index (χ2n) is 5.85. The molecule has 0 bridgehead atoms. The molecule has 0 heterocycles. The summed E-state index contributed by atoms with van der Waals surface area (Å²) in [4.78, 5) is 25.2. The molecular formula is C16H22Cl2F3N3O2. The van der Waals surface area contributed by atoms with Crippen LogP contribution in [0.25, 0.3) is 0 Å². The lowest BCUT2D eigenvalue weighted by atomic mass is 9.99. The van der Waals surface area contributed by atoms with Crippen molar-refractivity contribution in [2.24, 2.45) is 11.7 Å². The molecule has 0 aliphatic carbocycles. The summed E-state index contributed by atoms with van der Waals surface area (Å²) in [6.45, 7) is 3.39. The molecule has 0 aliphatic heterocycles. The SMILES string of the molecule is CCC(C)C(N)C(=O)N(C)CC(=O)Nc1ccc(Cl)c(C(F)(F)F)c1.Cl. The van der Waals surface area contributed by atoms with Crippen LogP contribution in [0, 0.1) is 5.92 Å². The molecule has 0 aromatic heterocycles. The highest BCUT2D eigenvalue weighted by Gasteiger charge is 2.33. The molecule has 0 saturated carbocycles. The molecule has 5 nitrogen and oxygen atoms in total. The van der Waals surface area contributed by atoms with Gasteiger partial charge in [-0.1, -0.05) is 31.9 Å². The molecule has 2 unspecified atom stereocenters. The first-order valence-corrected chi connectivity index (χ1v) is 8.02. The fraction of sp³-hybridized carbons (Fsp3) is 0.500. The average Bonchev–Trinajstić information content (AvgIpc) is 2.53. The van der Waals surface area contributed by atoms with Gasteiger partial charge < -0.3 is 16.0 Å². The van der Waals surface area contributed by atoms with Crippen molar-refractivity contribution in [3.05, 3.63) is 28.8 Å². The number of nitrogens with two attached hydrogens (primary N) is 1. The quantitative estimate of drug-likeness (QED) is 0.745. The van der Waals surface area contributed by atoms with Crippen molar-refractivity contribution in [2.75, 3.05) is 18.9 Å². The summed E-state index contributed by atoms with van der Waals surface area (Å²) < 4.78 is 38.4. The molecule has 3 N–H and O–H groups in total. The van der Waals surface area contributed by atoms with E-state index in [4.69, 9.17) is 17.3 Å². The first kappa shape index (κ1) is 24.5. The Bertz CT molecular complexity index is 642. The van der Waals surface area contributed by atoms with Gasteiger partial charge in [-0.2, -0.15) is 13.2 Å². The van der Waals surface area contributed by atoms with Gasteiger partial charge in [0.05, 0.1) is 23.2 Å². The molecule has 148 valence electrons. The number of alkyl halides is 3. The van der Waals surface area contributed by atoms with Crippen LogP contribution >= 0.6 is 24.0 Å². The highest BCUT2D eigenvalue weighted by molar-refractivity contribution is 6.31. The van der Waals surface area contributed by atoms with Gasteiger partial charge in [-0.05, 0) is 24.1 Å². The van der Waals surface area contributed by atoms with Crippen molar-refractivity contribution in [1.82, 2.24) is 4.90 Å². The fourth-order valence-electron chi connectivity index (χ4n) is 2.07. The van der Waals surface area contributed by atoms with Gasteiger partial charge in [-0.15, -0.1) is 12.4 Å². The Morgan fingerprint density at radius 1 is 1.35 bits per heavy atom. The summed E-state index contributed by atoms with van der Waals surface area (Å²) >= 11 is 5.52. The van der Waals surface area contributed by atoms with Crippen molar-refractivity contribution < 1.29 is 22.8 Å². The molecule has 0 saturated heterocycles. The highest BCUT2D eigenvalue weighted by atomic mass is 35.5. The Labute approximate surface area is 161 Å². The number of amides is 2. The van der Waals surface area contributed by atoms with Gasteiger partial charge in [0.15, 0.2) is 0 Å². The van der Waals surface area contributed by atoms with Crippen molar-refractivity contribution in [3.63, 3.8) is 0 Å². The van der Waals surface area contributed by atoms with Crippen LogP contribution < -0.4 is 11.1 Å². The van der Waals surface area contributed by atoms with Gasteiger partial charge in [0.25, 0.3) is 0 Å². The number of nitrogens with one attached hydrogen (secondary N) is 1. The van der Waals surface area contributed by atoms with Gasteiger partial charge in [0.1, 0.15) is 0 Å². The van der Waals surface area contributed by atoms with Crippen molar-refractivity contribution >= 4 is 41.5 Å². The van der Waals surface area contributed by atoms with Crippen LogP contribution in [0.1, 0.15) is 25.8 Å². The minimum absolute atomic E-state index is 0. The van der Waals surface area contributed by atoms with E-state index in [1.807, 2.05) is 13.8 Å². The zero-order valence-corrected chi connectivity index (χ0v) is 16.1. The lowest BCUT2D eigenvalue weighted by molar-refractivity contribution is -0.137. The molecular weight excluding hydrogens is 394 g/mol. The summed E-state index contributed by atoms with van der Waals surface area (Å²) in [5.41, 5.74) is 4.71. The van der Waals surface area contributed by atoms with Gasteiger partial charge in [-0.3, -0.25) is 9.59 Å². The third-order valence-electron chi connectivity index (χ3n) is 3.85. The molecule has 0 aliphatic rings. The van der Waals surface area contributed by atoms with Gasteiger partial charge in [-0.25, -0.2) is 0 Å². The number of nitrogens with zero attached hydrogens (tertiary/aromatic N) is 1. The van der Waals surface area contributed by atoms with Crippen LogP contribution in [0.2, 0.25) is 5.02 Å². The third-order valence-corrected chi connectivity index (χ3v) is 4.18. The number of likely N-dealkylation sites (N-methyl/N-ethyl adjacent to an activating group) is 1. The molecule has 0 radical (unpaired) electrons.